The van der Waals surface area contributed by atoms with Crippen LogP contribution in [-0.4, -0.2) is 49.4 Å². The quantitative estimate of drug-likeness (QED) is 0.330. The largest absolute Gasteiger partial charge is 0.368 e. The summed E-state index contributed by atoms with van der Waals surface area (Å²) in [6.07, 6.45) is 1.84. The Morgan fingerprint density at radius 1 is 0.892 bits per heavy atom. The molecule has 4 aromatic rings. The van der Waals surface area contributed by atoms with Crippen LogP contribution in [0.5, 0.6) is 0 Å². The smallest absolute Gasteiger partial charge is 0.265 e. The number of thiophene rings is 1. The molecule has 5 nitrogen and oxygen atoms in total. The Labute approximate surface area is 219 Å². The number of nitrogens with zero attached hydrogens (tertiary/aromatic N) is 3. The van der Waals surface area contributed by atoms with Gasteiger partial charge in [-0.1, -0.05) is 30.3 Å². The number of piperazine rings is 1. The number of carbonyl (C=O) groups excluding carboxylic acids is 2. The highest BCUT2D eigenvalue weighted by molar-refractivity contribution is 7.17. The topological polar surface area (TPSA) is 43.9 Å². The molecule has 1 aromatic heterocycles. The van der Waals surface area contributed by atoms with Gasteiger partial charge in [0.25, 0.3) is 5.91 Å². The molecule has 0 unspecified atom stereocenters. The Balaban J connectivity index is 1.12. The fourth-order valence-electron chi connectivity index (χ4n) is 5.39. The van der Waals surface area contributed by atoms with Gasteiger partial charge in [-0.05, 0) is 65.7 Å². The summed E-state index contributed by atoms with van der Waals surface area (Å²) in [5.41, 5.74) is 4.38. The zero-order valence-electron chi connectivity index (χ0n) is 20.5. The summed E-state index contributed by atoms with van der Waals surface area (Å²) in [4.78, 5) is 32.1. The van der Waals surface area contributed by atoms with Crippen molar-refractivity contribution in [3.05, 3.63) is 94.6 Å². The van der Waals surface area contributed by atoms with Gasteiger partial charge >= 0.3 is 0 Å². The minimum atomic E-state index is -0.267. The fraction of sp³-hybridized carbons (Fsp3) is 0.267. The van der Waals surface area contributed by atoms with E-state index in [4.69, 9.17) is 0 Å². The molecule has 0 N–H and O–H groups in total. The maximum absolute atomic E-state index is 14.2. The molecule has 6 rings (SSSR count). The van der Waals surface area contributed by atoms with Crippen LogP contribution in [0.15, 0.2) is 72.1 Å². The summed E-state index contributed by atoms with van der Waals surface area (Å²) in [6, 6.07) is 20.5. The molecule has 0 bridgehead atoms. The fourth-order valence-corrected chi connectivity index (χ4v) is 6.22. The molecule has 1 fully saturated rings. The minimum absolute atomic E-state index is 0.147. The van der Waals surface area contributed by atoms with E-state index in [9.17, 15) is 14.0 Å². The summed E-state index contributed by atoms with van der Waals surface area (Å²) in [5, 5.41) is 3.14. The number of amides is 2. The highest BCUT2D eigenvalue weighted by Gasteiger charge is 2.30. The third kappa shape index (κ3) is 4.77. The molecule has 2 aliphatic heterocycles. The van der Waals surface area contributed by atoms with Crippen molar-refractivity contribution >= 4 is 44.6 Å². The SMILES string of the molecule is O=C1CCc2ccc(CCN3CCN(c4cc(F)cc5sccc45)CC3)cc2N1C(=O)c1ccccc1. The number of anilines is 2. The lowest BCUT2D eigenvalue weighted by atomic mass is 9.97. The lowest BCUT2D eigenvalue weighted by molar-refractivity contribution is -0.118. The number of rotatable bonds is 5. The minimum Gasteiger partial charge on any atom is -0.368 e. The van der Waals surface area contributed by atoms with E-state index in [2.05, 4.69) is 28.0 Å². The van der Waals surface area contributed by atoms with Gasteiger partial charge in [0.1, 0.15) is 5.82 Å². The number of hydrogen-bond acceptors (Lipinski definition) is 5. The Kier molecular flexibility index (Phi) is 6.49. The number of fused-ring (bicyclic) bond motifs is 2. The molecule has 0 atom stereocenters. The van der Waals surface area contributed by atoms with Crippen LogP contribution in [-0.2, 0) is 17.6 Å². The normalized spacial score (nSPS) is 16.3. The van der Waals surface area contributed by atoms with E-state index in [0.29, 0.717) is 18.4 Å². The molecule has 37 heavy (non-hydrogen) atoms. The van der Waals surface area contributed by atoms with Crippen LogP contribution in [0.1, 0.15) is 27.9 Å². The van der Waals surface area contributed by atoms with E-state index in [-0.39, 0.29) is 17.6 Å². The number of halogens is 1. The molecule has 3 heterocycles. The first-order valence-electron chi connectivity index (χ1n) is 12.7. The van der Waals surface area contributed by atoms with E-state index in [1.165, 1.54) is 4.90 Å². The Morgan fingerprint density at radius 2 is 1.70 bits per heavy atom. The van der Waals surface area contributed by atoms with E-state index in [0.717, 1.165) is 71.7 Å². The van der Waals surface area contributed by atoms with Crippen LogP contribution in [0.4, 0.5) is 15.8 Å². The number of hydrogen-bond donors (Lipinski definition) is 0. The lowest BCUT2D eigenvalue weighted by Gasteiger charge is -2.36. The van der Waals surface area contributed by atoms with Crippen molar-refractivity contribution in [1.29, 1.82) is 0 Å². The van der Waals surface area contributed by atoms with Crippen LogP contribution >= 0.6 is 11.3 Å². The van der Waals surface area contributed by atoms with Gasteiger partial charge < -0.3 is 4.90 Å². The lowest BCUT2D eigenvalue weighted by Crippen LogP contribution is -2.47. The van der Waals surface area contributed by atoms with Crippen molar-refractivity contribution in [2.24, 2.45) is 0 Å². The first-order valence-corrected chi connectivity index (χ1v) is 13.6. The van der Waals surface area contributed by atoms with Gasteiger partial charge in [-0.15, -0.1) is 11.3 Å². The second kappa shape index (κ2) is 10.1. The van der Waals surface area contributed by atoms with Gasteiger partial charge in [-0.2, -0.15) is 0 Å². The Morgan fingerprint density at radius 3 is 2.51 bits per heavy atom. The molecule has 188 valence electrons. The Hall–Kier alpha value is -3.55. The Bertz CT molecular complexity index is 1460. The van der Waals surface area contributed by atoms with Crippen molar-refractivity contribution in [2.45, 2.75) is 19.3 Å². The summed E-state index contributed by atoms with van der Waals surface area (Å²) < 4.78 is 15.1. The summed E-state index contributed by atoms with van der Waals surface area (Å²) >= 11 is 1.57. The zero-order valence-corrected chi connectivity index (χ0v) is 21.3. The van der Waals surface area contributed by atoms with Gasteiger partial charge in [0.2, 0.25) is 5.91 Å². The maximum atomic E-state index is 14.2. The molecule has 0 saturated carbocycles. The van der Waals surface area contributed by atoms with Crippen molar-refractivity contribution in [2.75, 3.05) is 42.5 Å². The third-order valence-corrected chi connectivity index (χ3v) is 8.28. The van der Waals surface area contributed by atoms with Gasteiger partial charge in [0, 0.05) is 60.5 Å². The first kappa shape index (κ1) is 23.8. The summed E-state index contributed by atoms with van der Waals surface area (Å²) in [7, 11) is 0. The molecule has 0 aliphatic carbocycles. The van der Waals surface area contributed by atoms with Crippen LogP contribution < -0.4 is 9.80 Å². The van der Waals surface area contributed by atoms with E-state index >= 15 is 0 Å². The van der Waals surface area contributed by atoms with Crippen molar-refractivity contribution in [3.8, 4) is 0 Å². The average molecular weight is 514 g/mol. The van der Waals surface area contributed by atoms with E-state index < -0.39 is 0 Å². The summed E-state index contributed by atoms with van der Waals surface area (Å²) in [6.45, 7) is 4.41. The van der Waals surface area contributed by atoms with E-state index in [1.54, 1.807) is 35.6 Å². The summed E-state index contributed by atoms with van der Waals surface area (Å²) in [5.74, 6) is -0.596. The van der Waals surface area contributed by atoms with Crippen LogP contribution in [0.3, 0.4) is 0 Å². The van der Waals surface area contributed by atoms with Gasteiger partial charge in [-0.25, -0.2) is 9.29 Å². The number of carbonyl (C=O) groups is 2. The zero-order chi connectivity index (χ0) is 25.4. The second-order valence-corrected chi connectivity index (χ2v) is 10.6. The number of benzene rings is 3. The van der Waals surface area contributed by atoms with Crippen LogP contribution in [0.25, 0.3) is 10.1 Å². The van der Waals surface area contributed by atoms with Gasteiger partial charge in [-0.3, -0.25) is 14.5 Å². The molecular weight excluding hydrogens is 485 g/mol. The number of aryl methyl sites for hydroxylation is 1. The van der Waals surface area contributed by atoms with Crippen LogP contribution in [0, 0.1) is 5.82 Å². The molecule has 7 heteroatoms. The highest BCUT2D eigenvalue weighted by atomic mass is 32.1. The molecule has 2 amide bonds. The molecule has 0 spiro atoms. The molecule has 3 aromatic carbocycles. The second-order valence-electron chi connectivity index (χ2n) is 9.70. The highest BCUT2D eigenvalue weighted by Crippen LogP contribution is 2.33. The number of imide groups is 1. The molecular formula is C30H28FN3O2S. The maximum Gasteiger partial charge on any atom is 0.265 e. The van der Waals surface area contributed by atoms with Gasteiger partial charge in [0.05, 0.1) is 5.69 Å². The molecule has 0 radical (unpaired) electrons. The standard InChI is InChI=1S/C30H28FN3O2S/c31-24-19-27(25-11-17-37-28(25)20-24)33-15-13-32(14-16-33)12-10-21-6-7-22-8-9-29(35)34(26(22)18-21)30(36)23-4-2-1-3-5-23/h1-7,11,17-20H,8-10,12-16H2. The van der Waals surface area contributed by atoms with E-state index in [1.807, 2.05) is 29.6 Å². The van der Waals surface area contributed by atoms with Crippen molar-refractivity contribution < 1.29 is 14.0 Å². The molecule has 2 aliphatic rings. The monoisotopic (exact) mass is 513 g/mol. The predicted octanol–water partition coefficient (Wildman–Crippen LogP) is 5.52. The third-order valence-electron chi connectivity index (χ3n) is 7.42. The van der Waals surface area contributed by atoms with Gasteiger partial charge in [0.15, 0.2) is 0 Å². The van der Waals surface area contributed by atoms with Crippen molar-refractivity contribution in [1.82, 2.24) is 4.90 Å². The molecule has 1 saturated heterocycles. The average Bonchev–Trinajstić information content (AvgIpc) is 3.40. The predicted molar refractivity (Wildman–Crippen MR) is 147 cm³/mol. The first-order chi connectivity index (χ1) is 18.1. The van der Waals surface area contributed by atoms with Crippen molar-refractivity contribution in [3.63, 3.8) is 0 Å². The van der Waals surface area contributed by atoms with Crippen LogP contribution in [0.2, 0.25) is 0 Å².